The molecule has 0 atom stereocenters. The van der Waals surface area contributed by atoms with E-state index in [4.69, 9.17) is 10.1 Å². The molecular formula is C10H17N3OS. The van der Waals surface area contributed by atoms with Gasteiger partial charge in [0, 0.05) is 37.3 Å². The van der Waals surface area contributed by atoms with E-state index < -0.39 is 0 Å². The SMILES string of the molecule is Cc1cn(CCN2CCOCC2)c(=N)s1. The van der Waals surface area contributed by atoms with Crippen LogP contribution in [-0.2, 0) is 11.3 Å². The number of aromatic nitrogens is 1. The molecule has 1 aliphatic heterocycles. The molecule has 0 aromatic carbocycles. The number of aryl methyl sites for hydroxylation is 1. The van der Waals surface area contributed by atoms with Gasteiger partial charge in [-0.15, -0.1) is 11.3 Å². The Hall–Kier alpha value is -0.650. The van der Waals surface area contributed by atoms with Crippen molar-refractivity contribution in [2.45, 2.75) is 13.5 Å². The minimum Gasteiger partial charge on any atom is -0.379 e. The van der Waals surface area contributed by atoms with Crippen LogP contribution in [0, 0.1) is 12.3 Å². The van der Waals surface area contributed by atoms with Gasteiger partial charge in [-0.25, -0.2) is 0 Å². The third-order valence-corrected chi connectivity index (χ3v) is 3.47. The zero-order chi connectivity index (χ0) is 10.7. The summed E-state index contributed by atoms with van der Waals surface area (Å²) in [4.78, 5) is 4.26. The third kappa shape index (κ3) is 2.90. The van der Waals surface area contributed by atoms with Crippen molar-refractivity contribution >= 4 is 11.3 Å². The van der Waals surface area contributed by atoms with Gasteiger partial charge < -0.3 is 9.30 Å². The van der Waals surface area contributed by atoms with E-state index in [1.54, 1.807) is 11.3 Å². The van der Waals surface area contributed by atoms with Gasteiger partial charge in [0.1, 0.15) is 0 Å². The fourth-order valence-electron chi connectivity index (χ4n) is 1.76. The Morgan fingerprint density at radius 1 is 1.40 bits per heavy atom. The molecule has 0 saturated carbocycles. The first kappa shape index (κ1) is 10.9. The lowest BCUT2D eigenvalue weighted by molar-refractivity contribution is 0.0363. The second kappa shape index (κ2) is 4.92. The Kier molecular flexibility index (Phi) is 3.56. The molecule has 0 amide bonds. The topological polar surface area (TPSA) is 41.2 Å². The quantitative estimate of drug-likeness (QED) is 0.824. The van der Waals surface area contributed by atoms with Crippen LogP contribution >= 0.6 is 11.3 Å². The van der Waals surface area contributed by atoms with Crippen molar-refractivity contribution in [3.05, 3.63) is 15.9 Å². The minimum absolute atomic E-state index is 0.653. The molecular weight excluding hydrogens is 210 g/mol. The zero-order valence-electron chi connectivity index (χ0n) is 9.03. The highest BCUT2D eigenvalue weighted by atomic mass is 32.1. The van der Waals surface area contributed by atoms with Crippen LogP contribution in [-0.4, -0.2) is 42.3 Å². The van der Waals surface area contributed by atoms with Crippen molar-refractivity contribution in [2.75, 3.05) is 32.8 Å². The maximum Gasteiger partial charge on any atom is 0.182 e. The molecule has 4 nitrogen and oxygen atoms in total. The molecule has 1 aliphatic rings. The number of hydrogen-bond donors (Lipinski definition) is 1. The van der Waals surface area contributed by atoms with E-state index in [-0.39, 0.29) is 0 Å². The molecule has 5 heteroatoms. The fourth-order valence-corrected chi connectivity index (χ4v) is 2.50. The van der Waals surface area contributed by atoms with Crippen LogP contribution in [0.5, 0.6) is 0 Å². The van der Waals surface area contributed by atoms with Crippen LogP contribution in [0.1, 0.15) is 4.88 Å². The molecule has 2 heterocycles. The van der Waals surface area contributed by atoms with Gasteiger partial charge in [-0.3, -0.25) is 10.3 Å². The lowest BCUT2D eigenvalue weighted by Crippen LogP contribution is -2.38. The summed E-state index contributed by atoms with van der Waals surface area (Å²) >= 11 is 1.54. The summed E-state index contributed by atoms with van der Waals surface area (Å²) in [6.45, 7) is 7.74. The van der Waals surface area contributed by atoms with Crippen molar-refractivity contribution < 1.29 is 4.74 Å². The van der Waals surface area contributed by atoms with E-state index in [1.807, 2.05) is 11.5 Å². The van der Waals surface area contributed by atoms with Crippen molar-refractivity contribution in [2.24, 2.45) is 0 Å². The average Bonchev–Trinajstić information content (AvgIpc) is 2.56. The number of thiazole rings is 1. The first-order valence-electron chi connectivity index (χ1n) is 5.27. The van der Waals surface area contributed by atoms with Gasteiger partial charge >= 0.3 is 0 Å². The summed E-state index contributed by atoms with van der Waals surface area (Å²) in [5, 5.41) is 7.75. The van der Waals surface area contributed by atoms with Gasteiger partial charge in [0.25, 0.3) is 0 Å². The van der Waals surface area contributed by atoms with E-state index in [0.29, 0.717) is 4.80 Å². The molecule has 2 rings (SSSR count). The molecule has 0 radical (unpaired) electrons. The van der Waals surface area contributed by atoms with Crippen molar-refractivity contribution in [1.29, 1.82) is 5.41 Å². The molecule has 1 fully saturated rings. The lowest BCUT2D eigenvalue weighted by atomic mass is 10.4. The van der Waals surface area contributed by atoms with Crippen LogP contribution in [0.15, 0.2) is 6.20 Å². The number of hydrogen-bond acceptors (Lipinski definition) is 4. The predicted octanol–water partition coefficient (Wildman–Crippen LogP) is 0.670. The number of rotatable bonds is 3. The average molecular weight is 227 g/mol. The van der Waals surface area contributed by atoms with Crippen LogP contribution in [0.3, 0.4) is 0 Å². The molecule has 1 saturated heterocycles. The summed E-state index contributed by atoms with van der Waals surface area (Å²) in [6, 6.07) is 0. The molecule has 1 aromatic heterocycles. The highest BCUT2D eigenvalue weighted by Gasteiger charge is 2.09. The first-order valence-corrected chi connectivity index (χ1v) is 6.09. The molecule has 84 valence electrons. The van der Waals surface area contributed by atoms with Gasteiger partial charge in [-0.2, -0.15) is 0 Å². The Morgan fingerprint density at radius 2 is 2.13 bits per heavy atom. The summed E-state index contributed by atoms with van der Waals surface area (Å²) in [6.07, 6.45) is 2.06. The Morgan fingerprint density at radius 3 is 2.73 bits per heavy atom. The second-order valence-corrected chi connectivity index (χ2v) is 5.03. The number of nitrogens with one attached hydrogen (secondary N) is 1. The van der Waals surface area contributed by atoms with Gasteiger partial charge in [-0.05, 0) is 6.92 Å². The van der Waals surface area contributed by atoms with Crippen LogP contribution in [0.2, 0.25) is 0 Å². The lowest BCUT2D eigenvalue weighted by Gasteiger charge is -2.26. The largest absolute Gasteiger partial charge is 0.379 e. The molecule has 1 aromatic rings. The highest BCUT2D eigenvalue weighted by molar-refractivity contribution is 7.09. The maximum absolute atomic E-state index is 7.75. The molecule has 0 bridgehead atoms. The summed E-state index contributed by atoms with van der Waals surface area (Å²) in [7, 11) is 0. The van der Waals surface area contributed by atoms with E-state index in [2.05, 4.69) is 11.1 Å². The van der Waals surface area contributed by atoms with E-state index >= 15 is 0 Å². The monoisotopic (exact) mass is 227 g/mol. The maximum atomic E-state index is 7.75. The van der Waals surface area contributed by atoms with Crippen molar-refractivity contribution in [3.8, 4) is 0 Å². The molecule has 0 spiro atoms. The zero-order valence-corrected chi connectivity index (χ0v) is 9.85. The van der Waals surface area contributed by atoms with Crippen molar-refractivity contribution in [3.63, 3.8) is 0 Å². The number of morpholine rings is 1. The summed E-state index contributed by atoms with van der Waals surface area (Å²) in [5.41, 5.74) is 0. The van der Waals surface area contributed by atoms with Crippen molar-refractivity contribution in [1.82, 2.24) is 9.47 Å². The number of nitrogens with zero attached hydrogens (tertiary/aromatic N) is 2. The van der Waals surface area contributed by atoms with E-state index in [1.165, 1.54) is 4.88 Å². The smallest absolute Gasteiger partial charge is 0.182 e. The predicted molar refractivity (Wildman–Crippen MR) is 60.2 cm³/mol. The standard InChI is InChI=1S/C10H17N3OS/c1-9-8-13(10(11)15-9)3-2-12-4-6-14-7-5-12/h8,11H,2-7H2,1H3. The summed E-state index contributed by atoms with van der Waals surface area (Å²) < 4.78 is 7.32. The van der Waals surface area contributed by atoms with Crippen LogP contribution < -0.4 is 4.80 Å². The first-order chi connectivity index (χ1) is 7.25. The Balaban J connectivity index is 1.87. The van der Waals surface area contributed by atoms with Crippen LogP contribution in [0.4, 0.5) is 0 Å². The van der Waals surface area contributed by atoms with E-state index in [9.17, 15) is 0 Å². The fraction of sp³-hybridized carbons (Fsp3) is 0.700. The van der Waals surface area contributed by atoms with Gasteiger partial charge in [0.05, 0.1) is 13.2 Å². The Labute approximate surface area is 93.6 Å². The molecule has 1 N–H and O–H groups in total. The van der Waals surface area contributed by atoms with Gasteiger partial charge in [0.15, 0.2) is 4.80 Å². The van der Waals surface area contributed by atoms with Gasteiger partial charge in [0.2, 0.25) is 0 Å². The minimum atomic E-state index is 0.653. The normalized spacial score (nSPS) is 18.2. The number of ether oxygens (including phenoxy) is 1. The molecule has 15 heavy (non-hydrogen) atoms. The third-order valence-electron chi connectivity index (χ3n) is 2.62. The molecule has 0 unspecified atom stereocenters. The van der Waals surface area contributed by atoms with Gasteiger partial charge in [-0.1, -0.05) is 0 Å². The molecule has 0 aliphatic carbocycles. The second-order valence-electron chi connectivity index (χ2n) is 3.79. The van der Waals surface area contributed by atoms with Crippen LogP contribution in [0.25, 0.3) is 0 Å². The highest BCUT2D eigenvalue weighted by Crippen LogP contribution is 2.01. The Bertz CT molecular complexity index is 365. The van der Waals surface area contributed by atoms with E-state index in [0.717, 1.165) is 39.4 Å². The summed E-state index contributed by atoms with van der Waals surface area (Å²) in [5.74, 6) is 0.